The molecule has 0 fully saturated rings. The summed E-state index contributed by atoms with van der Waals surface area (Å²) in [6, 6.07) is 1.62. The lowest BCUT2D eigenvalue weighted by molar-refractivity contribution is -0.129. The summed E-state index contributed by atoms with van der Waals surface area (Å²) < 4.78 is 10.8. The topological polar surface area (TPSA) is 60.5 Å². The molecule has 2 unspecified atom stereocenters. The third-order valence-corrected chi connectivity index (χ3v) is 3.06. The van der Waals surface area contributed by atoms with Crippen LogP contribution in [0.2, 0.25) is 5.02 Å². The minimum absolute atomic E-state index is 0.259. The van der Waals surface area contributed by atoms with Crippen LogP contribution in [0.1, 0.15) is 27.2 Å². The predicted molar refractivity (Wildman–Crippen MR) is 85.8 cm³/mol. The van der Waals surface area contributed by atoms with E-state index in [1.165, 1.54) is 12.4 Å². The van der Waals surface area contributed by atoms with Crippen molar-refractivity contribution in [3.8, 4) is 17.6 Å². The number of amides is 1. The van der Waals surface area contributed by atoms with Crippen molar-refractivity contribution < 1.29 is 14.3 Å². The van der Waals surface area contributed by atoms with E-state index in [0.29, 0.717) is 17.2 Å². The average molecular weight is 325 g/mol. The van der Waals surface area contributed by atoms with Crippen LogP contribution in [0.25, 0.3) is 0 Å². The summed E-state index contributed by atoms with van der Waals surface area (Å²) in [7, 11) is 1.56. The zero-order valence-electron chi connectivity index (χ0n) is 13.3. The van der Waals surface area contributed by atoms with Crippen LogP contribution in [0.4, 0.5) is 0 Å². The molecule has 0 radical (unpaired) electrons. The highest BCUT2D eigenvalue weighted by Crippen LogP contribution is 2.18. The number of ether oxygens (including phenoxy) is 2. The zero-order chi connectivity index (χ0) is 16.6. The molecule has 6 heteroatoms. The molecule has 1 aromatic heterocycles. The van der Waals surface area contributed by atoms with E-state index in [9.17, 15) is 4.79 Å². The van der Waals surface area contributed by atoms with Gasteiger partial charge in [0, 0.05) is 19.4 Å². The number of pyridine rings is 1. The van der Waals surface area contributed by atoms with Crippen LogP contribution < -0.4 is 10.1 Å². The summed E-state index contributed by atoms with van der Waals surface area (Å²) in [5.41, 5.74) is -0.760. The van der Waals surface area contributed by atoms with Gasteiger partial charge in [0.05, 0.1) is 17.8 Å². The highest BCUT2D eigenvalue weighted by atomic mass is 35.5. The van der Waals surface area contributed by atoms with E-state index >= 15 is 0 Å². The standard InChI is InChI=1S/C16H21ClN2O3/c1-5-7-16(3,11-21-4)19-15(20)14(6-2)22-13-8-12(17)9-18-10-13/h8-10,14H,6,11H2,1-4H3,(H,19,20). The largest absolute Gasteiger partial charge is 0.479 e. The monoisotopic (exact) mass is 324 g/mol. The van der Waals surface area contributed by atoms with E-state index in [0.717, 1.165) is 0 Å². The van der Waals surface area contributed by atoms with Crippen LogP contribution in [0.15, 0.2) is 18.5 Å². The lowest BCUT2D eigenvalue weighted by Gasteiger charge is -2.27. The van der Waals surface area contributed by atoms with Crippen LogP contribution in [0.3, 0.4) is 0 Å². The second kappa shape index (κ2) is 8.62. The predicted octanol–water partition coefficient (Wildman–Crippen LogP) is 2.44. The lowest BCUT2D eigenvalue weighted by atomic mass is 10.0. The molecule has 0 aliphatic carbocycles. The highest BCUT2D eigenvalue weighted by molar-refractivity contribution is 6.30. The summed E-state index contributed by atoms with van der Waals surface area (Å²) in [6.07, 6.45) is 2.86. The lowest BCUT2D eigenvalue weighted by Crippen LogP contribution is -2.52. The minimum Gasteiger partial charge on any atom is -0.479 e. The summed E-state index contributed by atoms with van der Waals surface area (Å²) in [5.74, 6) is 5.94. The Morgan fingerprint density at radius 2 is 2.27 bits per heavy atom. The Morgan fingerprint density at radius 1 is 1.55 bits per heavy atom. The van der Waals surface area contributed by atoms with Gasteiger partial charge in [0.2, 0.25) is 0 Å². The molecule has 120 valence electrons. The molecule has 0 spiro atoms. The maximum atomic E-state index is 12.4. The first kappa shape index (κ1) is 18.3. The van der Waals surface area contributed by atoms with E-state index in [1.54, 1.807) is 27.0 Å². The van der Waals surface area contributed by atoms with Crippen molar-refractivity contribution in [3.05, 3.63) is 23.5 Å². The van der Waals surface area contributed by atoms with Gasteiger partial charge in [0.25, 0.3) is 5.91 Å². The summed E-state index contributed by atoms with van der Waals surface area (Å²) in [6.45, 7) is 5.67. The van der Waals surface area contributed by atoms with Crippen molar-refractivity contribution in [2.75, 3.05) is 13.7 Å². The van der Waals surface area contributed by atoms with Gasteiger partial charge in [0.1, 0.15) is 11.3 Å². The normalized spacial score (nSPS) is 14.2. The van der Waals surface area contributed by atoms with E-state index in [-0.39, 0.29) is 12.5 Å². The van der Waals surface area contributed by atoms with Crippen molar-refractivity contribution >= 4 is 17.5 Å². The van der Waals surface area contributed by atoms with Gasteiger partial charge in [-0.05, 0) is 20.3 Å². The number of hydrogen-bond donors (Lipinski definition) is 1. The number of rotatable bonds is 7. The molecule has 0 saturated carbocycles. The molecule has 2 atom stereocenters. The van der Waals surface area contributed by atoms with Crippen molar-refractivity contribution in [1.82, 2.24) is 10.3 Å². The number of aromatic nitrogens is 1. The quantitative estimate of drug-likeness (QED) is 0.783. The van der Waals surface area contributed by atoms with Gasteiger partial charge in [-0.15, -0.1) is 5.92 Å². The Balaban J connectivity index is 2.80. The second-order valence-corrected chi connectivity index (χ2v) is 5.42. The fraction of sp³-hybridized carbons (Fsp3) is 0.500. The molecular weight excluding hydrogens is 304 g/mol. The van der Waals surface area contributed by atoms with E-state index in [2.05, 4.69) is 22.1 Å². The fourth-order valence-electron chi connectivity index (χ4n) is 1.96. The summed E-state index contributed by atoms with van der Waals surface area (Å²) >= 11 is 5.86. The van der Waals surface area contributed by atoms with Crippen molar-refractivity contribution in [2.45, 2.75) is 38.8 Å². The molecule has 0 aromatic carbocycles. The zero-order valence-corrected chi connectivity index (χ0v) is 14.0. The van der Waals surface area contributed by atoms with Gasteiger partial charge in [-0.1, -0.05) is 24.4 Å². The van der Waals surface area contributed by atoms with Gasteiger partial charge in [-0.2, -0.15) is 0 Å². The van der Waals surface area contributed by atoms with E-state index in [4.69, 9.17) is 21.1 Å². The Kier molecular flexibility index (Phi) is 7.16. The smallest absolute Gasteiger partial charge is 0.262 e. The molecule has 0 aliphatic heterocycles. The van der Waals surface area contributed by atoms with E-state index < -0.39 is 11.6 Å². The Bertz CT molecular complexity index is 568. The first-order chi connectivity index (χ1) is 10.4. The maximum Gasteiger partial charge on any atom is 0.262 e. The minimum atomic E-state index is -0.760. The van der Waals surface area contributed by atoms with Crippen LogP contribution in [0.5, 0.6) is 5.75 Å². The summed E-state index contributed by atoms with van der Waals surface area (Å²) in [4.78, 5) is 16.3. The molecule has 1 heterocycles. The third-order valence-electron chi connectivity index (χ3n) is 2.85. The molecule has 1 amide bonds. The van der Waals surface area contributed by atoms with Gasteiger partial charge in [0.15, 0.2) is 6.10 Å². The van der Waals surface area contributed by atoms with Gasteiger partial charge in [-0.25, -0.2) is 0 Å². The molecule has 1 rings (SSSR count). The molecule has 22 heavy (non-hydrogen) atoms. The maximum absolute atomic E-state index is 12.4. The van der Waals surface area contributed by atoms with Crippen LogP contribution in [0, 0.1) is 11.8 Å². The van der Waals surface area contributed by atoms with E-state index in [1.807, 2.05) is 6.92 Å². The number of nitrogens with zero attached hydrogens (tertiary/aromatic N) is 1. The molecule has 0 aliphatic rings. The number of methoxy groups -OCH3 is 1. The molecule has 0 bridgehead atoms. The van der Waals surface area contributed by atoms with Gasteiger partial charge in [-0.3, -0.25) is 9.78 Å². The number of hydrogen-bond acceptors (Lipinski definition) is 4. The number of nitrogens with one attached hydrogen (secondary N) is 1. The number of carbonyl (C=O) groups excluding carboxylic acids is 1. The molecule has 5 nitrogen and oxygen atoms in total. The highest BCUT2D eigenvalue weighted by Gasteiger charge is 2.28. The van der Waals surface area contributed by atoms with Gasteiger partial charge >= 0.3 is 0 Å². The van der Waals surface area contributed by atoms with Crippen molar-refractivity contribution in [3.63, 3.8) is 0 Å². The van der Waals surface area contributed by atoms with Crippen LogP contribution in [-0.4, -0.2) is 36.3 Å². The Morgan fingerprint density at radius 3 is 2.82 bits per heavy atom. The molecular formula is C16H21ClN2O3. The Labute approximate surface area is 136 Å². The first-order valence-electron chi connectivity index (χ1n) is 6.96. The van der Waals surface area contributed by atoms with Crippen LogP contribution in [-0.2, 0) is 9.53 Å². The second-order valence-electron chi connectivity index (χ2n) is 4.98. The first-order valence-corrected chi connectivity index (χ1v) is 7.34. The van der Waals surface area contributed by atoms with Crippen molar-refractivity contribution in [1.29, 1.82) is 0 Å². The molecule has 1 aromatic rings. The fourth-order valence-corrected chi connectivity index (χ4v) is 2.13. The average Bonchev–Trinajstić information content (AvgIpc) is 2.45. The number of halogens is 1. The van der Waals surface area contributed by atoms with Crippen molar-refractivity contribution in [2.24, 2.45) is 0 Å². The summed E-state index contributed by atoms with van der Waals surface area (Å²) in [5, 5.41) is 3.32. The Hall–Kier alpha value is -1.77. The number of carbonyl (C=O) groups is 1. The van der Waals surface area contributed by atoms with Gasteiger partial charge < -0.3 is 14.8 Å². The van der Waals surface area contributed by atoms with Crippen LogP contribution >= 0.6 is 11.6 Å². The SMILES string of the molecule is CC#CC(C)(COC)NC(=O)C(CC)Oc1cncc(Cl)c1. The molecule has 1 N–H and O–H groups in total. The third kappa shape index (κ3) is 5.55. The molecule has 0 saturated heterocycles.